The highest BCUT2D eigenvalue weighted by atomic mass is 14.1. The molecule has 9 heavy (non-hydrogen) atoms. The molecule has 1 atom stereocenters. The minimum atomic E-state index is 0.994. The Hall–Kier alpha value is -0.195. The van der Waals surface area contributed by atoms with E-state index in [1.165, 1.54) is 25.7 Å². The van der Waals surface area contributed by atoms with Gasteiger partial charge in [0.1, 0.15) is 7.85 Å². The van der Waals surface area contributed by atoms with Crippen molar-refractivity contribution in [1.29, 1.82) is 0 Å². The Bertz CT molecular complexity index is 116. The lowest BCUT2D eigenvalue weighted by Gasteiger charge is -2.18. The minimum Gasteiger partial charge on any atom is -0.114 e. The molecule has 0 spiro atoms. The predicted molar refractivity (Wildman–Crippen MR) is 44.3 cm³/mol. The maximum Gasteiger partial charge on any atom is 0.133 e. The summed E-state index contributed by atoms with van der Waals surface area (Å²) in [6, 6.07) is 0. The molecule has 0 saturated heterocycles. The smallest absolute Gasteiger partial charge is 0.114 e. The van der Waals surface area contributed by atoms with Gasteiger partial charge in [0.15, 0.2) is 0 Å². The Morgan fingerprint density at radius 2 is 2.56 bits per heavy atom. The molecule has 0 fully saturated rings. The van der Waals surface area contributed by atoms with Crippen molar-refractivity contribution in [3.63, 3.8) is 0 Å². The second-order valence-corrected chi connectivity index (χ2v) is 3.10. The van der Waals surface area contributed by atoms with Crippen molar-refractivity contribution in [1.82, 2.24) is 0 Å². The van der Waals surface area contributed by atoms with Crippen molar-refractivity contribution in [2.45, 2.75) is 32.6 Å². The third-order valence-corrected chi connectivity index (χ3v) is 2.32. The molecule has 0 bridgehead atoms. The summed E-state index contributed by atoms with van der Waals surface area (Å²) in [7, 11) is 2.24. The van der Waals surface area contributed by atoms with E-state index < -0.39 is 0 Å². The van der Waals surface area contributed by atoms with Gasteiger partial charge in [0, 0.05) is 0 Å². The first-order valence-corrected chi connectivity index (χ1v) is 3.98. The number of hydrogen-bond acceptors (Lipinski definition) is 0. The van der Waals surface area contributed by atoms with E-state index in [9.17, 15) is 0 Å². The summed E-state index contributed by atoms with van der Waals surface area (Å²) in [6.07, 6.45) is 7.88. The number of rotatable bonds is 1. The molecule has 0 N–H and O–H groups in total. The van der Waals surface area contributed by atoms with E-state index in [4.69, 9.17) is 0 Å². The van der Waals surface area contributed by atoms with Crippen LogP contribution in [0.15, 0.2) is 11.5 Å². The highest BCUT2D eigenvalue weighted by Gasteiger charge is 2.08. The van der Waals surface area contributed by atoms with Crippen LogP contribution in [0, 0.1) is 5.92 Å². The molecule has 0 aromatic heterocycles. The fourth-order valence-electron chi connectivity index (χ4n) is 1.39. The molecule has 0 amide bonds. The molecule has 0 radical (unpaired) electrons. The summed E-state index contributed by atoms with van der Waals surface area (Å²) in [6.45, 7) is 2.29. The SMILES string of the molecule is BC1=CCC(CC)CC1. The third-order valence-electron chi connectivity index (χ3n) is 2.32. The van der Waals surface area contributed by atoms with Gasteiger partial charge in [-0.05, 0) is 25.2 Å². The van der Waals surface area contributed by atoms with Crippen molar-refractivity contribution in [3.8, 4) is 0 Å². The molecular weight excluding hydrogens is 107 g/mol. The first kappa shape index (κ1) is 6.92. The predicted octanol–water partition coefficient (Wildman–Crippen LogP) is 1.71. The second kappa shape index (κ2) is 3.10. The van der Waals surface area contributed by atoms with Crippen molar-refractivity contribution >= 4 is 7.85 Å². The Morgan fingerprint density at radius 3 is 3.00 bits per heavy atom. The van der Waals surface area contributed by atoms with Gasteiger partial charge in [-0.25, -0.2) is 0 Å². The molecular formula is C8H15B. The zero-order valence-electron chi connectivity index (χ0n) is 6.48. The molecule has 1 heteroatoms. The fraction of sp³-hybridized carbons (Fsp3) is 0.750. The van der Waals surface area contributed by atoms with Crippen LogP contribution in [0.25, 0.3) is 0 Å². The van der Waals surface area contributed by atoms with E-state index in [1.807, 2.05) is 0 Å². The molecule has 0 nitrogen and oxygen atoms in total. The standard InChI is InChI=1S/C8H15B/c1-2-7-3-5-8(9)6-4-7/h5,7H,2-4,6,9H2,1H3. The van der Waals surface area contributed by atoms with Gasteiger partial charge in [0.25, 0.3) is 0 Å². The van der Waals surface area contributed by atoms with Crippen molar-refractivity contribution in [2.24, 2.45) is 5.92 Å². The van der Waals surface area contributed by atoms with Crippen LogP contribution in [-0.2, 0) is 0 Å². The van der Waals surface area contributed by atoms with E-state index in [-0.39, 0.29) is 0 Å². The fourth-order valence-corrected chi connectivity index (χ4v) is 1.39. The molecule has 1 rings (SSSR count). The summed E-state index contributed by atoms with van der Waals surface area (Å²) < 4.78 is 0. The van der Waals surface area contributed by atoms with Crippen LogP contribution in [0.5, 0.6) is 0 Å². The van der Waals surface area contributed by atoms with Crippen molar-refractivity contribution in [2.75, 3.05) is 0 Å². The van der Waals surface area contributed by atoms with Gasteiger partial charge in [-0.3, -0.25) is 0 Å². The van der Waals surface area contributed by atoms with Gasteiger partial charge in [-0.1, -0.05) is 19.4 Å². The van der Waals surface area contributed by atoms with E-state index in [1.54, 1.807) is 5.47 Å². The average molecular weight is 122 g/mol. The first-order chi connectivity index (χ1) is 4.33. The van der Waals surface area contributed by atoms with E-state index in [0.29, 0.717) is 0 Å². The van der Waals surface area contributed by atoms with Gasteiger partial charge in [0.05, 0.1) is 0 Å². The van der Waals surface area contributed by atoms with Crippen LogP contribution in [0.2, 0.25) is 0 Å². The summed E-state index contributed by atoms with van der Waals surface area (Å²) in [5.74, 6) is 0.994. The Morgan fingerprint density at radius 1 is 1.78 bits per heavy atom. The summed E-state index contributed by atoms with van der Waals surface area (Å²) in [5.41, 5.74) is 1.60. The summed E-state index contributed by atoms with van der Waals surface area (Å²) >= 11 is 0. The van der Waals surface area contributed by atoms with Gasteiger partial charge < -0.3 is 0 Å². The molecule has 0 aromatic rings. The lowest BCUT2D eigenvalue weighted by molar-refractivity contribution is 0.462. The van der Waals surface area contributed by atoms with Crippen LogP contribution < -0.4 is 0 Å². The third kappa shape index (κ3) is 1.89. The first-order valence-electron chi connectivity index (χ1n) is 3.98. The highest BCUT2D eigenvalue weighted by molar-refractivity contribution is 6.21. The van der Waals surface area contributed by atoms with Crippen LogP contribution in [0.4, 0.5) is 0 Å². The summed E-state index contributed by atoms with van der Waals surface area (Å²) in [4.78, 5) is 0. The van der Waals surface area contributed by atoms with Gasteiger partial charge >= 0.3 is 0 Å². The Balaban J connectivity index is 2.36. The molecule has 0 saturated carbocycles. The second-order valence-electron chi connectivity index (χ2n) is 3.10. The number of hydrogen-bond donors (Lipinski definition) is 0. The molecule has 1 unspecified atom stereocenters. The topological polar surface area (TPSA) is 0 Å². The number of allylic oxidation sites excluding steroid dienone is 2. The monoisotopic (exact) mass is 122 g/mol. The van der Waals surface area contributed by atoms with E-state index in [0.717, 1.165) is 5.92 Å². The van der Waals surface area contributed by atoms with Gasteiger partial charge in [0.2, 0.25) is 0 Å². The molecule has 1 aliphatic carbocycles. The quantitative estimate of drug-likeness (QED) is 0.464. The van der Waals surface area contributed by atoms with E-state index in [2.05, 4.69) is 20.8 Å². The lowest BCUT2D eigenvalue weighted by atomic mass is 9.80. The maximum atomic E-state index is 2.40. The molecule has 0 heterocycles. The van der Waals surface area contributed by atoms with Crippen molar-refractivity contribution in [3.05, 3.63) is 11.5 Å². The van der Waals surface area contributed by atoms with Crippen LogP contribution in [-0.4, -0.2) is 7.85 Å². The van der Waals surface area contributed by atoms with Crippen LogP contribution in [0.1, 0.15) is 32.6 Å². The minimum absolute atomic E-state index is 0.994. The average Bonchev–Trinajstić information content (AvgIpc) is 1.90. The van der Waals surface area contributed by atoms with Gasteiger partial charge in [-0.15, -0.1) is 5.47 Å². The molecule has 1 aliphatic rings. The molecule has 0 aliphatic heterocycles. The van der Waals surface area contributed by atoms with E-state index >= 15 is 0 Å². The molecule has 50 valence electrons. The maximum absolute atomic E-state index is 2.40. The molecule has 0 aromatic carbocycles. The zero-order chi connectivity index (χ0) is 6.69. The van der Waals surface area contributed by atoms with Crippen molar-refractivity contribution < 1.29 is 0 Å². The van der Waals surface area contributed by atoms with Gasteiger partial charge in [-0.2, -0.15) is 0 Å². The Kier molecular flexibility index (Phi) is 2.38. The zero-order valence-corrected chi connectivity index (χ0v) is 6.48. The largest absolute Gasteiger partial charge is 0.133 e. The Labute approximate surface area is 58.8 Å². The van der Waals surface area contributed by atoms with Crippen LogP contribution in [0.3, 0.4) is 0 Å². The highest BCUT2D eigenvalue weighted by Crippen LogP contribution is 2.23. The lowest BCUT2D eigenvalue weighted by Crippen LogP contribution is -2.03. The normalized spacial score (nSPS) is 27.7. The summed E-state index contributed by atoms with van der Waals surface area (Å²) in [5, 5.41) is 0. The van der Waals surface area contributed by atoms with Crippen LogP contribution >= 0.6 is 0 Å².